The van der Waals surface area contributed by atoms with E-state index in [-0.39, 0.29) is 5.41 Å². The fourth-order valence-corrected chi connectivity index (χ4v) is 11.6. The third kappa shape index (κ3) is 7.48. The molecule has 0 fully saturated rings. The lowest BCUT2D eigenvalue weighted by atomic mass is 9.76. The van der Waals surface area contributed by atoms with E-state index in [1.165, 1.54) is 37.4 Å². The van der Waals surface area contributed by atoms with Crippen LogP contribution in [0.4, 0.5) is 0 Å². The second-order valence-corrected chi connectivity index (χ2v) is 16.8. The van der Waals surface area contributed by atoms with Gasteiger partial charge in [0.15, 0.2) is 0 Å². The van der Waals surface area contributed by atoms with Crippen molar-refractivity contribution in [1.29, 1.82) is 0 Å². The van der Waals surface area contributed by atoms with Crippen molar-refractivity contribution < 1.29 is 0 Å². The lowest BCUT2D eigenvalue weighted by Gasteiger charge is -2.29. The molecule has 0 radical (unpaired) electrons. The Morgan fingerprint density at radius 1 is 0.543 bits per heavy atom. The Kier molecular flexibility index (Phi) is 10.4. The molecular weight excluding hydrogens is 590 g/mol. The molecule has 5 aromatic rings. The van der Waals surface area contributed by atoms with Crippen LogP contribution in [0, 0.1) is 11.3 Å². The quantitative estimate of drug-likeness (QED) is 0.120. The average Bonchev–Trinajstić information content (AvgIpc) is 3.54. The maximum absolute atomic E-state index is 3.88. The van der Waals surface area contributed by atoms with Crippen molar-refractivity contribution in [1.82, 2.24) is 0 Å². The van der Waals surface area contributed by atoms with E-state index in [1.54, 1.807) is 0 Å². The summed E-state index contributed by atoms with van der Waals surface area (Å²) in [4.78, 5) is 0. The van der Waals surface area contributed by atoms with Crippen LogP contribution in [0.1, 0.15) is 37.8 Å². The molecule has 46 heavy (non-hydrogen) atoms. The fourth-order valence-electron chi connectivity index (χ4n) is 6.14. The van der Waals surface area contributed by atoms with Gasteiger partial charge in [0.05, 0.1) is 0 Å². The van der Waals surface area contributed by atoms with E-state index in [1.807, 2.05) is 6.08 Å². The zero-order valence-electron chi connectivity index (χ0n) is 26.8. The van der Waals surface area contributed by atoms with Crippen LogP contribution in [-0.2, 0) is 0 Å². The van der Waals surface area contributed by atoms with E-state index >= 15 is 0 Å². The molecule has 228 valence electrons. The zero-order valence-corrected chi connectivity index (χ0v) is 28.6. The Labute approximate surface area is 278 Å². The summed E-state index contributed by atoms with van der Waals surface area (Å²) in [6.07, 6.45) is 13.9. The molecule has 0 aliphatic heterocycles. The number of rotatable bonds is 12. The van der Waals surface area contributed by atoms with Gasteiger partial charge in [-0.15, -0.1) is 0 Å². The van der Waals surface area contributed by atoms with Crippen LogP contribution in [0.2, 0.25) is 0 Å². The molecule has 0 N–H and O–H groups in total. The Bertz CT molecular complexity index is 1620. The minimum absolute atomic E-state index is 0.0901. The van der Waals surface area contributed by atoms with Crippen molar-refractivity contribution in [3.63, 3.8) is 0 Å². The Balaban J connectivity index is 1.41. The molecule has 6 rings (SSSR count). The number of allylic oxidation sites excluding steroid dienone is 5. The van der Waals surface area contributed by atoms with Gasteiger partial charge in [0.1, 0.15) is 0 Å². The molecule has 0 atom stereocenters. The monoisotopic (exact) mass is 632 g/mol. The summed E-state index contributed by atoms with van der Waals surface area (Å²) >= 11 is 0. The molecule has 0 spiro atoms. The molecule has 0 saturated heterocycles. The molecule has 1 aliphatic rings. The minimum Gasteiger partial charge on any atom is -0.0985 e. The van der Waals surface area contributed by atoms with Crippen molar-refractivity contribution >= 4 is 49.2 Å². The van der Waals surface area contributed by atoms with Gasteiger partial charge in [-0.2, -0.15) is 0 Å². The van der Waals surface area contributed by atoms with E-state index in [4.69, 9.17) is 0 Å². The van der Waals surface area contributed by atoms with Crippen LogP contribution in [0.5, 0.6) is 0 Å². The Morgan fingerprint density at radius 2 is 0.913 bits per heavy atom. The number of benzene rings is 5. The maximum atomic E-state index is 3.88. The molecule has 5 aromatic carbocycles. The first-order valence-corrected chi connectivity index (χ1v) is 18.9. The van der Waals surface area contributed by atoms with Crippen molar-refractivity contribution in [2.45, 2.75) is 26.7 Å². The van der Waals surface area contributed by atoms with Crippen LogP contribution >= 0.6 is 15.8 Å². The van der Waals surface area contributed by atoms with Gasteiger partial charge in [-0.25, -0.2) is 0 Å². The van der Waals surface area contributed by atoms with E-state index < -0.39 is 15.8 Å². The molecule has 0 nitrogen and oxygen atoms in total. The summed E-state index contributed by atoms with van der Waals surface area (Å²) in [5.41, 5.74) is 2.48. The lowest BCUT2D eigenvalue weighted by molar-refractivity contribution is 0.282. The Hall–Kier alpha value is -4.08. The van der Waals surface area contributed by atoms with Crippen molar-refractivity contribution in [3.8, 4) is 0 Å². The largest absolute Gasteiger partial charge is 0.0985 e. The predicted octanol–water partition coefficient (Wildman–Crippen LogP) is 10.8. The molecule has 2 heteroatoms. The predicted molar refractivity (Wildman–Crippen MR) is 206 cm³/mol. The Morgan fingerprint density at radius 3 is 1.28 bits per heavy atom. The van der Waals surface area contributed by atoms with Gasteiger partial charge in [0.25, 0.3) is 0 Å². The highest BCUT2D eigenvalue weighted by atomic mass is 31.1. The van der Waals surface area contributed by atoms with Crippen molar-refractivity contribution in [2.75, 3.05) is 0 Å². The van der Waals surface area contributed by atoms with Crippen molar-refractivity contribution in [2.24, 2.45) is 11.3 Å². The first kappa shape index (κ1) is 31.9. The second-order valence-electron chi connectivity index (χ2n) is 12.4. The van der Waals surface area contributed by atoms with Crippen LogP contribution in [0.25, 0.3) is 12.2 Å². The SMILES string of the molecule is C=Cc1ccc(C=CCCC(C)(C)C2C=C(P(c3ccccc3)c3ccccc3)C(P(c3ccccc3)c3ccccc3)=C2)cc1. The molecule has 0 saturated carbocycles. The summed E-state index contributed by atoms with van der Waals surface area (Å²) in [7, 11) is -1.48. The lowest BCUT2D eigenvalue weighted by Crippen LogP contribution is -2.20. The molecule has 0 heterocycles. The van der Waals surface area contributed by atoms with Crippen LogP contribution < -0.4 is 21.2 Å². The minimum atomic E-state index is -0.741. The number of hydrogen-bond donors (Lipinski definition) is 0. The summed E-state index contributed by atoms with van der Waals surface area (Å²) in [6.45, 7) is 8.79. The topological polar surface area (TPSA) is 0 Å². The van der Waals surface area contributed by atoms with Gasteiger partial charge >= 0.3 is 0 Å². The van der Waals surface area contributed by atoms with E-state index in [0.717, 1.165) is 18.4 Å². The fraction of sp³-hybridized carbons (Fsp3) is 0.136. The van der Waals surface area contributed by atoms with Crippen molar-refractivity contribution in [3.05, 3.63) is 192 Å². The summed E-state index contributed by atoms with van der Waals surface area (Å²) in [5.74, 6) is 0.340. The smallest absolute Gasteiger partial charge is 0.00176 e. The third-order valence-corrected chi connectivity index (χ3v) is 14.0. The summed E-state index contributed by atoms with van der Waals surface area (Å²) in [5, 5.41) is 8.65. The first-order chi connectivity index (χ1) is 22.5. The second kappa shape index (κ2) is 15.0. The van der Waals surface area contributed by atoms with Gasteiger partial charge in [0.2, 0.25) is 0 Å². The standard InChI is InChI=1S/C44H42P2/c1-4-35-28-30-36(31-29-35)19-17-18-32-44(2,3)37-33-42(45(38-20-9-5-10-21-38)39-22-11-6-12-23-39)43(34-37)46(40-24-13-7-14-25-40)41-26-15-8-16-27-41/h4-17,19-31,33-34,37H,1,18,32H2,2-3H3. The molecule has 0 aromatic heterocycles. The summed E-state index contributed by atoms with van der Waals surface area (Å²) < 4.78 is 0. The molecule has 1 aliphatic carbocycles. The van der Waals surface area contributed by atoms with E-state index in [9.17, 15) is 0 Å². The summed E-state index contributed by atoms with van der Waals surface area (Å²) in [6, 6.07) is 53.3. The van der Waals surface area contributed by atoms with Gasteiger partial charge < -0.3 is 0 Å². The highest BCUT2D eigenvalue weighted by Crippen LogP contribution is 2.61. The average molecular weight is 633 g/mol. The van der Waals surface area contributed by atoms with Crippen LogP contribution in [0.15, 0.2) is 181 Å². The molecular formula is C44H42P2. The highest BCUT2D eigenvalue weighted by Gasteiger charge is 2.37. The van der Waals surface area contributed by atoms with Crippen LogP contribution in [0.3, 0.4) is 0 Å². The molecule has 0 bridgehead atoms. The number of hydrogen-bond acceptors (Lipinski definition) is 0. The maximum Gasteiger partial charge on any atom is 0.00176 e. The van der Waals surface area contributed by atoms with E-state index in [0.29, 0.717) is 5.92 Å². The highest BCUT2D eigenvalue weighted by molar-refractivity contribution is 7.82. The molecule has 0 amide bonds. The first-order valence-electron chi connectivity index (χ1n) is 16.2. The normalized spacial score (nSPS) is 13.7. The third-order valence-electron chi connectivity index (χ3n) is 8.82. The van der Waals surface area contributed by atoms with E-state index in [2.05, 4.69) is 190 Å². The zero-order chi connectivity index (χ0) is 31.8. The van der Waals surface area contributed by atoms with Gasteiger partial charge in [-0.05, 0) is 77.1 Å². The molecule has 0 unspecified atom stereocenters. The van der Waals surface area contributed by atoms with Gasteiger partial charge in [-0.1, -0.05) is 196 Å². The van der Waals surface area contributed by atoms with Gasteiger partial charge in [-0.3, -0.25) is 0 Å². The van der Waals surface area contributed by atoms with Crippen LogP contribution in [-0.4, -0.2) is 0 Å². The van der Waals surface area contributed by atoms with Gasteiger partial charge in [0, 0.05) is 5.92 Å².